The van der Waals surface area contributed by atoms with E-state index in [1.165, 1.54) is 16.7 Å². The van der Waals surface area contributed by atoms with Crippen molar-refractivity contribution in [2.45, 2.75) is 218 Å². The first-order valence-corrected chi connectivity index (χ1v) is 36.5. The Balaban J connectivity index is 0.938. The van der Waals surface area contributed by atoms with Gasteiger partial charge in [-0.15, -0.1) is 0 Å². The number of aliphatic hydroxyl groups excluding tert-OH is 3. The average molecular weight is 1240 g/mol. The number of nitrogen functional groups attached to an aromatic ring is 1. The van der Waals surface area contributed by atoms with E-state index < -0.39 is 69.1 Å². The number of fused-ring (bicyclic) bond motifs is 10. The molecule has 14 aliphatic rings. The van der Waals surface area contributed by atoms with Gasteiger partial charge >= 0.3 is 0 Å². The maximum atomic E-state index is 16.9. The van der Waals surface area contributed by atoms with Crippen LogP contribution in [0.2, 0.25) is 0 Å². The van der Waals surface area contributed by atoms with E-state index in [4.69, 9.17) is 10.5 Å². The second kappa shape index (κ2) is 22.4. The van der Waals surface area contributed by atoms with Gasteiger partial charge in [0.05, 0.1) is 35.4 Å². The first kappa shape index (κ1) is 62.9. The van der Waals surface area contributed by atoms with Gasteiger partial charge in [0, 0.05) is 48.0 Å². The standard InChI is InChI=1S/C80H109N3O8/c1-42(2)17-19-54-52-22-25-62(86)70(54)80-38-60-72-77(7,59-16-13-29-79(72,28-11-10-27-75(5,90)41-83-60)73(89)66(59)48-32-45(40-82-9)34-50(84)36-48)64(80)26-23-58-69(63(87)39-76(58,80)6)68-55(21-20-53-56-37-46(18-24-61(56)85)65(52)67(53)68)71(88)74-78(8,91-74)57-15-12-14-51(57)47-31-44(30-43(3)4)33-49(81)35-47/h13,16,18,20-22,24-25,31-36,42-43,46,51-57,59-62,64-68,70-72,74,82-86,88,90H,10-12,14-15,17,19,23,26-30,37-41,81H2,1-9H3/t46-,51+,52+,53+,54-,55+,56+,57-,59-,60-,61-,62+,64+,65+,66+,67+,68-,70+,71+,72+,74+,75+,76-,77-,78+,79-,80-/m0/s1. The molecule has 492 valence electrons. The zero-order valence-electron chi connectivity index (χ0n) is 56.1. The zero-order valence-corrected chi connectivity index (χ0v) is 56.1. The predicted octanol–water partition coefficient (Wildman–Crippen LogP) is 12.7. The molecular formula is C80H109N3O8. The van der Waals surface area contributed by atoms with E-state index in [1.807, 2.05) is 26.1 Å². The highest BCUT2D eigenvalue weighted by atomic mass is 16.6. The number of aliphatic hydroxyl groups is 4. The number of carbonyl (C=O) groups excluding carboxylic acids is 2. The van der Waals surface area contributed by atoms with Crippen LogP contribution in [0.4, 0.5) is 5.69 Å². The second-order valence-electron chi connectivity index (χ2n) is 34.5. The summed E-state index contributed by atoms with van der Waals surface area (Å²) in [4.78, 5) is 33.6. The maximum Gasteiger partial charge on any atom is 0.160 e. The highest BCUT2D eigenvalue weighted by Gasteiger charge is 2.80. The molecule has 0 radical (unpaired) electrons. The number of ketones is 2. The van der Waals surface area contributed by atoms with Crippen LogP contribution in [0.5, 0.6) is 5.75 Å². The first-order chi connectivity index (χ1) is 43.4. The number of Topliss-reactive ketones (excluding diaryl/α,β-unsaturated/α-hetero) is 2. The Bertz CT molecular complexity index is 3380. The van der Waals surface area contributed by atoms with Gasteiger partial charge in [-0.1, -0.05) is 134 Å². The molecule has 12 aliphatic carbocycles. The highest BCUT2D eigenvalue weighted by molar-refractivity contribution is 6.01. The van der Waals surface area contributed by atoms with Crippen LogP contribution < -0.4 is 16.4 Å². The number of phenols is 1. The molecule has 2 spiro atoms. The summed E-state index contributed by atoms with van der Waals surface area (Å²) in [5, 5.41) is 71.7. The van der Waals surface area contributed by atoms with Gasteiger partial charge in [0.15, 0.2) is 5.78 Å². The number of epoxide rings is 1. The van der Waals surface area contributed by atoms with Gasteiger partial charge in [-0.05, 0) is 249 Å². The van der Waals surface area contributed by atoms with Gasteiger partial charge in [-0.3, -0.25) is 9.59 Å². The fraction of sp³-hybridized carbons (Fsp3) is 0.700. The molecule has 5 saturated carbocycles. The van der Waals surface area contributed by atoms with Gasteiger partial charge in [0.1, 0.15) is 17.6 Å². The quantitative estimate of drug-likeness (QED) is 0.0572. The van der Waals surface area contributed by atoms with E-state index in [9.17, 15) is 25.5 Å². The summed E-state index contributed by atoms with van der Waals surface area (Å²) in [7, 11) is 1.92. The molecule has 9 N–H and O–H groups in total. The Hall–Kier alpha value is -4.20. The van der Waals surface area contributed by atoms with E-state index in [0.717, 1.165) is 86.6 Å². The van der Waals surface area contributed by atoms with E-state index in [-0.39, 0.29) is 106 Å². The van der Waals surface area contributed by atoms with Crippen molar-refractivity contribution >= 4 is 17.3 Å². The number of ether oxygens (including phenoxy) is 1. The molecule has 7 fully saturated rings. The number of hydrogen-bond acceptors (Lipinski definition) is 11. The van der Waals surface area contributed by atoms with Crippen LogP contribution in [0.1, 0.15) is 186 Å². The lowest BCUT2D eigenvalue weighted by Gasteiger charge is -2.76. The van der Waals surface area contributed by atoms with E-state index in [1.54, 1.807) is 0 Å². The number of phenolic OH excluding ortho intramolecular Hbond substituents is 1. The number of allylic oxidation sites excluding steroid dienone is 7. The number of aromatic hydroxyl groups is 1. The third-order valence-electron chi connectivity index (χ3n) is 28.9. The van der Waals surface area contributed by atoms with Crippen molar-refractivity contribution in [3.05, 3.63) is 118 Å². The number of rotatable bonds is 12. The third-order valence-corrected chi connectivity index (χ3v) is 28.9. The second-order valence-corrected chi connectivity index (χ2v) is 34.5. The van der Waals surface area contributed by atoms with Gasteiger partial charge < -0.3 is 46.6 Å². The lowest BCUT2D eigenvalue weighted by atomic mass is 9.28. The Morgan fingerprint density at radius 1 is 0.824 bits per heavy atom. The third kappa shape index (κ3) is 9.35. The predicted molar refractivity (Wildman–Crippen MR) is 357 cm³/mol. The van der Waals surface area contributed by atoms with Crippen molar-refractivity contribution in [2.75, 3.05) is 19.3 Å². The fourth-order valence-electron chi connectivity index (χ4n) is 25.9. The van der Waals surface area contributed by atoms with E-state index >= 15 is 9.59 Å². The van der Waals surface area contributed by atoms with Gasteiger partial charge in [-0.2, -0.15) is 0 Å². The summed E-state index contributed by atoms with van der Waals surface area (Å²) in [5.41, 5.74) is 9.69. The molecule has 2 aromatic rings. The molecule has 2 heterocycles. The Morgan fingerprint density at radius 2 is 1.59 bits per heavy atom. The largest absolute Gasteiger partial charge is 0.508 e. The molecule has 11 nitrogen and oxygen atoms in total. The topological polar surface area (TPSA) is 198 Å². The smallest absolute Gasteiger partial charge is 0.160 e. The summed E-state index contributed by atoms with van der Waals surface area (Å²) in [6.45, 7) is 19.4. The van der Waals surface area contributed by atoms with Crippen molar-refractivity contribution in [1.82, 2.24) is 10.6 Å². The molecule has 0 amide bonds. The minimum absolute atomic E-state index is 0.0148. The molecule has 2 aliphatic heterocycles. The van der Waals surface area contributed by atoms with Gasteiger partial charge in [-0.25, -0.2) is 0 Å². The molecule has 16 rings (SSSR count). The number of hydrogen-bond donors (Lipinski definition) is 8. The van der Waals surface area contributed by atoms with Crippen LogP contribution in [0.25, 0.3) is 0 Å². The van der Waals surface area contributed by atoms with E-state index in [0.29, 0.717) is 63.5 Å². The number of β-amino-alcohol motifs (C(OH)–C–C–N with tert-alkyl or cyclic N) is 1. The van der Waals surface area contributed by atoms with Crippen LogP contribution in [-0.4, -0.2) is 92.4 Å². The molecule has 0 aromatic heterocycles. The van der Waals surface area contributed by atoms with Crippen molar-refractivity contribution in [3.8, 4) is 5.75 Å². The fourth-order valence-corrected chi connectivity index (χ4v) is 25.9. The molecule has 0 unspecified atom stereocenters. The zero-order chi connectivity index (χ0) is 63.8. The Labute approximate surface area is 543 Å². The molecule has 2 aromatic carbocycles. The summed E-state index contributed by atoms with van der Waals surface area (Å²) >= 11 is 0. The van der Waals surface area contributed by atoms with Crippen LogP contribution >= 0.6 is 0 Å². The first-order valence-electron chi connectivity index (χ1n) is 36.5. The van der Waals surface area contributed by atoms with E-state index in [2.05, 4.69) is 132 Å². The number of benzene rings is 2. The number of nitrogens with one attached hydrogen (secondary N) is 2. The van der Waals surface area contributed by atoms with Crippen molar-refractivity contribution < 1.29 is 39.9 Å². The lowest BCUT2D eigenvalue weighted by molar-refractivity contribution is -0.252. The average Bonchev–Trinajstić information content (AvgIpc) is 1.64. The minimum atomic E-state index is -0.996. The number of carbonyl (C=O) groups is 2. The van der Waals surface area contributed by atoms with Gasteiger partial charge in [0.2, 0.25) is 0 Å². The normalized spacial score (nSPS) is 47.7. The van der Waals surface area contributed by atoms with Crippen LogP contribution in [0, 0.1) is 116 Å². The maximum absolute atomic E-state index is 16.9. The summed E-state index contributed by atoms with van der Waals surface area (Å²) in [5.74, 6) is -0.0150. The summed E-state index contributed by atoms with van der Waals surface area (Å²) in [6.07, 6.45) is 28.6. The van der Waals surface area contributed by atoms with Crippen molar-refractivity contribution in [2.24, 2.45) is 116 Å². The Morgan fingerprint density at radius 3 is 2.37 bits per heavy atom. The van der Waals surface area contributed by atoms with Crippen LogP contribution in [0.15, 0.2) is 96.2 Å². The summed E-state index contributed by atoms with van der Waals surface area (Å²) < 4.78 is 7.15. The highest BCUT2D eigenvalue weighted by Crippen LogP contribution is 2.82. The monoisotopic (exact) mass is 1240 g/mol. The Kier molecular flexibility index (Phi) is 15.5. The molecule has 10 bridgehead atoms. The summed E-state index contributed by atoms with van der Waals surface area (Å²) in [6, 6.07) is 12.3. The number of anilines is 1. The molecule has 27 atom stereocenters. The minimum Gasteiger partial charge on any atom is -0.508 e. The molecule has 11 heteroatoms. The molecular weight excluding hydrogens is 1130 g/mol. The van der Waals surface area contributed by atoms with Crippen molar-refractivity contribution in [3.63, 3.8) is 0 Å². The molecule has 2 saturated heterocycles. The number of nitrogens with two attached hydrogens (primary N) is 1. The SMILES string of the molecule is CNCc1cc(O)cc([C@H]2C(=O)[C@]34CC=C[C@@H]2[C@@]2(C)[C@H]5CCC6=C7C(=O)C[C@]6(C)[C@]5(C[C@H](NC[C@](C)(O)CCCC3)[C@@H]42)[C@@H]2[C@@H](CCC(C)C)[C@@H](C=C[C@H]2O)[C@@H]2[C@H]3[C@H](C=C[C@@H]([C@@H](O)[C@H]4O[C@]4(C)[C@H]4CCC[C@@H]4c4cc(N)cc(CC(C)C)c4)[C@H]73)[C@H]3C[C@@H]2C=C[C@@H]3O)c1. The van der Waals surface area contributed by atoms with Crippen LogP contribution in [0.3, 0.4) is 0 Å². The van der Waals surface area contributed by atoms with Gasteiger partial charge in [0.25, 0.3) is 0 Å². The van der Waals surface area contributed by atoms with Crippen LogP contribution in [-0.2, 0) is 27.3 Å². The lowest BCUT2D eigenvalue weighted by Crippen LogP contribution is -2.75. The molecule has 91 heavy (non-hydrogen) atoms. The van der Waals surface area contributed by atoms with Crippen molar-refractivity contribution in [1.29, 1.82) is 0 Å².